The van der Waals surface area contributed by atoms with Gasteiger partial charge in [-0.3, -0.25) is 4.79 Å². The first-order valence-electron chi connectivity index (χ1n) is 4.96. The van der Waals surface area contributed by atoms with E-state index in [0.29, 0.717) is 13.0 Å². The van der Waals surface area contributed by atoms with Crippen molar-refractivity contribution >= 4 is 17.2 Å². The molecule has 4 heteroatoms. The highest BCUT2D eigenvalue weighted by Gasteiger charge is 2.15. The molecule has 1 N–H and O–H groups in total. The zero-order valence-electron chi connectivity index (χ0n) is 8.69. The largest absolute Gasteiger partial charge is 0.351 e. The molecule has 1 aromatic heterocycles. The van der Waals surface area contributed by atoms with Crippen molar-refractivity contribution in [2.45, 2.75) is 26.3 Å². The van der Waals surface area contributed by atoms with E-state index in [1.165, 1.54) is 0 Å². The Kier molecular flexibility index (Phi) is 4.85. The molecule has 15 heavy (non-hydrogen) atoms. The van der Waals surface area contributed by atoms with Gasteiger partial charge in [0.1, 0.15) is 5.92 Å². The minimum atomic E-state index is -0.506. The predicted octanol–water partition coefficient (Wildman–Crippen LogP) is 2.30. The fraction of sp³-hybridized carbons (Fsp3) is 0.455. The van der Waals surface area contributed by atoms with Crippen LogP contribution in [0.25, 0.3) is 0 Å². The summed E-state index contributed by atoms with van der Waals surface area (Å²) in [4.78, 5) is 11.5. The highest BCUT2D eigenvalue weighted by atomic mass is 32.1. The summed E-state index contributed by atoms with van der Waals surface area (Å²) in [6, 6.07) is 3.99. The third-order valence-electron chi connectivity index (χ3n) is 2.10. The highest BCUT2D eigenvalue weighted by molar-refractivity contribution is 7.07. The summed E-state index contributed by atoms with van der Waals surface area (Å²) >= 11 is 1.60. The second-order valence-corrected chi connectivity index (χ2v) is 4.10. The molecule has 0 aliphatic heterocycles. The molecule has 0 aliphatic rings. The number of nitrogens with one attached hydrogen (secondary N) is 1. The quantitative estimate of drug-likeness (QED) is 0.831. The number of nitriles is 1. The molecule has 1 heterocycles. The Labute approximate surface area is 93.7 Å². The number of carbonyl (C=O) groups is 1. The predicted molar refractivity (Wildman–Crippen MR) is 60.2 cm³/mol. The minimum Gasteiger partial charge on any atom is -0.351 e. The van der Waals surface area contributed by atoms with Gasteiger partial charge in [0.2, 0.25) is 5.91 Å². The normalized spacial score (nSPS) is 11.7. The van der Waals surface area contributed by atoms with E-state index in [0.717, 1.165) is 12.0 Å². The molecule has 3 nitrogen and oxygen atoms in total. The molecule has 1 rings (SSSR count). The number of thiophene rings is 1. The summed E-state index contributed by atoms with van der Waals surface area (Å²) in [6.07, 6.45) is 1.48. The van der Waals surface area contributed by atoms with E-state index in [9.17, 15) is 4.79 Å². The van der Waals surface area contributed by atoms with Gasteiger partial charge < -0.3 is 5.32 Å². The van der Waals surface area contributed by atoms with E-state index in [1.54, 1.807) is 11.3 Å². The standard InChI is InChI=1S/C11H14N2OS/c1-2-3-10(6-12)11(14)13-7-9-4-5-15-8-9/h4-5,8,10H,2-3,7H2,1H3,(H,13,14). The molecule has 0 aromatic carbocycles. The molecule has 0 spiro atoms. The van der Waals surface area contributed by atoms with Crippen LogP contribution in [0.4, 0.5) is 0 Å². The average Bonchev–Trinajstić information content (AvgIpc) is 2.75. The van der Waals surface area contributed by atoms with Crippen LogP contribution < -0.4 is 5.32 Å². The van der Waals surface area contributed by atoms with Crippen LogP contribution in [0.15, 0.2) is 16.8 Å². The smallest absolute Gasteiger partial charge is 0.237 e. The topological polar surface area (TPSA) is 52.9 Å². The average molecular weight is 222 g/mol. The first kappa shape index (κ1) is 11.7. The third-order valence-corrected chi connectivity index (χ3v) is 2.83. The van der Waals surface area contributed by atoms with Gasteiger partial charge in [-0.25, -0.2) is 0 Å². The zero-order valence-corrected chi connectivity index (χ0v) is 9.51. The maximum Gasteiger partial charge on any atom is 0.237 e. The van der Waals surface area contributed by atoms with E-state index in [-0.39, 0.29) is 5.91 Å². The van der Waals surface area contributed by atoms with Crippen molar-refractivity contribution in [2.75, 3.05) is 0 Å². The second-order valence-electron chi connectivity index (χ2n) is 3.32. The van der Waals surface area contributed by atoms with E-state index < -0.39 is 5.92 Å². The SMILES string of the molecule is CCCC(C#N)C(=O)NCc1ccsc1. The number of amides is 1. The number of rotatable bonds is 5. The summed E-state index contributed by atoms with van der Waals surface area (Å²) in [7, 11) is 0. The Balaban J connectivity index is 2.38. The molecule has 0 saturated heterocycles. The van der Waals surface area contributed by atoms with Crippen LogP contribution in [0.1, 0.15) is 25.3 Å². The van der Waals surface area contributed by atoms with Crippen molar-refractivity contribution in [3.63, 3.8) is 0 Å². The number of carbonyl (C=O) groups excluding carboxylic acids is 1. The Bertz CT molecular complexity index is 340. The first-order valence-corrected chi connectivity index (χ1v) is 5.90. The van der Waals surface area contributed by atoms with Crippen molar-refractivity contribution < 1.29 is 4.79 Å². The lowest BCUT2D eigenvalue weighted by atomic mass is 10.1. The lowest BCUT2D eigenvalue weighted by Crippen LogP contribution is -2.29. The Morgan fingerprint density at radius 1 is 1.73 bits per heavy atom. The van der Waals surface area contributed by atoms with Crippen molar-refractivity contribution in [1.82, 2.24) is 5.32 Å². The summed E-state index contributed by atoms with van der Waals surface area (Å²) < 4.78 is 0. The van der Waals surface area contributed by atoms with E-state index in [2.05, 4.69) is 5.32 Å². The second kappa shape index (κ2) is 6.20. The zero-order chi connectivity index (χ0) is 11.1. The lowest BCUT2D eigenvalue weighted by molar-refractivity contribution is -0.123. The van der Waals surface area contributed by atoms with Crippen LogP contribution in [0.3, 0.4) is 0 Å². The van der Waals surface area contributed by atoms with Crippen molar-refractivity contribution in [3.05, 3.63) is 22.4 Å². The van der Waals surface area contributed by atoms with Crippen LogP contribution in [0, 0.1) is 17.2 Å². The molecule has 0 radical (unpaired) electrons. The molecule has 0 fully saturated rings. The summed E-state index contributed by atoms with van der Waals surface area (Å²) in [5.74, 6) is -0.667. The van der Waals surface area contributed by atoms with Gasteiger partial charge in [0.15, 0.2) is 0 Å². The minimum absolute atomic E-state index is 0.162. The van der Waals surface area contributed by atoms with E-state index in [4.69, 9.17) is 5.26 Å². The van der Waals surface area contributed by atoms with Gasteiger partial charge in [-0.05, 0) is 28.8 Å². The van der Waals surface area contributed by atoms with Crippen LogP contribution >= 0.6 is 11.3 Å². The fourth-order valence-electron chi connectivity index (χ4n) is 1.25. The van der Waals surface area contributed by atoms with Gasteiger partial charge >= 0.3 is 0 Å². The molecule has 1 aromatic rings. The Morgan fingerprint density at radius 2 is 2.53 bits per heavy atom. The monoisotopic (exact) mass is 222 g/mol. The molecular formula is C11H14N2OS. The van der Waals surface area contributed by atoms with Gasteiger partial charge in [0.25, 0.3) is 0 Å². The number of nitrogens with zero attached hydrogens (tertiary/aromatic N) is 1. The van der Waals surface area contributed by atoms with Crippen LogP contribution in [-0.4, -0.2) is 5.91 Å². The van der Waals surface area contributed by atoms with Gasteiger partial charge in [-0.1, -0.05) is 13.3 Å². The van der Waals surface area contributed by atoms with E-state index in [1.807, 2.05) is 29.8 Å². The van der Waals surface area contributed by atoms with Crippen LogP contribution in [0.5, 0.6) is 0 Å². The lowest BCUT2D eigenvalue weighted by Gasteiger charge is -2.07. The number of hydrogen-bond donors (Lipinski definition) is 1. The molecule has 80 valence electrons. The van der Waals surface area contributed by atoms with Crippen molar-refractivity contribution in [3.8, 4) is 6.07 Å². The maximum absolute atomic E-state index is 11.5. The molecular weight excluding hydrogens is 208 g/mol. The number of hydrogen-bond acceptors (Lipinski definition) is 3. The molecule has 0 saturated carbocycles. The summed E-state index contributed by atoms with van der Waals surface area (Å²) in [5.41, 5.74) is 1.08. The van der Waals surface area contributed by atoms with Gasteiger partial charge in [-0.2, -0.15) is 16.6 Å². The van der Waals surface area contributed by atoms with Gasteiger partial charge in [0.05, 0.1) is 6.07 Å². The molecule has 1 atom stereocenters. The first-order chi connectivity index (χ1) is 7.27. The summed E-state index contributed by atoms with van der Waals surface area (Å²) in [6.45, 7) is 2.49. The van der Waals surface area contributed by atoms with Crippen LogP contribution in [0.2, 0.25) is 0 Å². The Hall–Kier alpha value is -1.34. The third kappa shape index (κ3) is 3.72. The highest BCUT2D eigenvalue weighted by Crippen LogP contribution is 2.07. The van der Waals surface area contributed by atoms with Crippen molar-refractivity contribution in [2.24, 2.45) is 5.92 Å². The van der Waals surface area contributed by atoms with Gasteiger partial charge in [0, 0.05) is 6.54 Å². The van der Waals surface area contributed by atoms with Crippen molar-refractivity contribution in [1.29, 1.82) is 5.26 Å². The molecule has 0 bridgehead atoms. The fourth-order valence-corrected chi connectivity index (χ4v) is 1.92. The van der Waals surface area contributed by atoms with Crippen LogP contribution in [-0.2, 0) is 11.3 Å². The van der Waals surface area contributed by atoms with Gasteiger partial charge in [-0.15, -0.1) is 0 Å². The summed E-state index contributed by atoms with van der Waals surface area (Å²) in [5, 5.41) is 15.5. The molecule has 0 aliphatic carbocycles. The Morgan fingerprint density at radius 3 is 3.07 bits per heavy atom. The molecule has 1 unspecified atom stereocenters. The maximum atomic E-state index is 11.5. The van der Waals surface area contributed by atoms with E-state index >= 15 is 0 Å². The molecule has 1 amide bonds.